The molecule has 1 heterocycles. The van der Waals surface area contributed by atoms with Crippen molar-refractivity contribution in [2.45, 2.75) is 26.1 Å². The Morgan fingerprint density at radius 1 is 1.47 bits per heavy atom. The fourth-order valence-corrected chi connectivity index (χ4v) is 2.83. The minimum absolute atomic E-state index is 0.154. The number of Topliss-reactive ketones (excluding diaryl/α,β-unsaturated/α-hetero) is 1. The molecule has 1 aromatic heterocycles. The summed E-state index contributed by atoms with van der Waals surface area (Å²) in [6, 6.07) is 1.79. The van der Waals surface area contributed by atoms with E-state index >= 15 is 0 Å². The van der Waals surface area contributed by atoms with E-state index in [1.807, 2.05) is 5.38 Å². The molecule has 2 N–H and O–H groups in total. The molecule has 0 fully saturated rings. The first kappa shape index (κ1) is 16.3. The molecule has 0 saturated heterocycles. The molecule has 1 aromatic rings. The molecule has 0 radical (unpaired) electrons. The molecule has 0 bridgehead atoms. The number of ether oxygens (including phenoxy) is 2. The highest BCUT2D eigenvalue weighted by Gasteiger charge is 2.33. The van der Waals surface area contributed by atoms with Crippen LogP contribution in [0.4, 0.5) is 0 Å². The van der Waals surface area contributed by atoms with Crippen LogP contribution in [-0.2, 0) is 20.7 Å². The van der Waals surface area contributed by atoms with E-state index in [0.29, 0.717) is 5.75 Å². The summed E-state index contributed by atoms with van der Waals surface area (Å²) in [4.78, 5) is 30.2. The zero-order valence-electron chi connectivity index (χ0n) is 11.0. The first-order valence-electron chi connectivity index (χ1n) is 5.48. The van der Waals surface area contributed by atoms with Gasteiger partial charge < -0.3 is 19.3 Å². The van der Waals surface area contributed by atoms with Crippen LogP contribution in [0.15, 0.2) is 11.4 Å². The molecule has 0 aliphatic rings. The van der Waals surface area contributed by atoms with Crippen LogP contribution in [0.2, 0.25) is 0 Å². The van der Waals surface area contributed by atoms with Crippen LogP contribution in [0.25, 0.3) is 0 Å². The highest BCUT2D eigenvalue weighted by Crippen LogP contribution is 2.36. The van der Waals surface area contributed by atoms with Crippen LogP contribution in [0.3, 0.4) is 0 Å². The van der Waals surface area contributed by atoms with E-state index in [0.717, 1.165) is 4.88 Å². The molecule has 0 aliphatic heterocycles. The van der Waals surface area contributed by atoms with Crippen LogP contribution in [0.5, 0.6) is 5.75 Å². The van der Waals surface area contributed by atoms with Crippen molar-refractivity contribution in [3.8, 4) is 5.75 Å². The predicted octanol–water partition coefficient (Wildman–Crippen LogP) is 1.80. The van der Waals surface area contributed by atoms with Crippen molar-refractivity contribution in [1.82, 2.24) is 0 Å². The number of hydrogen-bond acceptors (Lipinski definition) is 5. The van der Waals surface area contributed by atoms with Gasteiger partial charge in [0.25, 0.3) is 0 Å². The third-order valence-corrected chi connectivity index (χ3v) is 4.08. The molecule has 8 heteroatoms. The van der Waals surface area contributed by atoms with Gasteiger partial charge in [-0.1, -0.05) is 0 Å². The topological polar surface area (TPSA) is 93.1 Å². The van der Waals surface area contributed by atoms with Gasteiger partial charge in [-0.2, -0.15) is 0 Å². The van der Waals surface area contributed by atoms with Crippen molar-refractivity contribution >= 4 is 24.7 Å². The van der Waals surface area contributed by atoms with Crippen molar-refractivity contribution < 1.29 is 28.6 Å². The van der Waals surface area contributed by atoms with Gasteiger partial charge in [0, 0.05) is 0 Å². The number of methoxy groups -OCH3 is 1. The van der Waals surface area contributed by atoms with Crippen LogP contribution < -0.4 is 4.74 Å². The first-order chi connectivity index (χ1) is 8.65. The molecular formula is C11H17O6PS. The summed E-state index contributed by atoms with van der Waals surface area (Å²) in [5, 5.41) is 1.84. The van der Waals surface area contributed by atoms with Gasteiger partial charge in [0.2, 0.25) is 0 Å². The zero-order valence-corrected chi connectivity index (χ0v) is 12.7. The molecule has 108 valence electrons. The van der Waals surface area contributed by atoms with Gasteiger partial charge >= 0.3 is 7.60 Å². The van der Waals surface area contributed by atoms with Crippen molar-refractivity contribution in [1.29, 1.82) is 0 Å². The average molecular weight is 308 g/mol. The second-order valence-corrected chi connectivity index (χ2v) is 7.10. The smallest absolute Gasteiger partial charge is 0.333 e. The third kappa shape index (κ3) is 5.04. The lowest BCUT2D eigenvalue weighted by atomic mass is 10.1. The maximum atomic E-state index is 11.7. The molecule has 0 aliphatic carbocycles. The van der Waals surface area contributed by atoms with Crippen LogP contribution in [0.1, 0.15) is 18.7 Å². The first-order valence-corrected chi connectivity index (χ1v) is 8.15. The van der Waals surface area contributed by atoms with Crippen LogP contribution >= 0.6 is 18.9 Å². The van der Waals surface area contributed by atoms with Crippen molar-refractivity contribution in [3.05, 3.63) is 16.3 Å². The zero-order chi connectivity index (χ0) is 14.7. The Kier molecular flexibility index (Phi) is 5.29. The number of carbonyl (C=O) groups is 1. The van der Waals surface area contributed by atoms with Gasteiger partial charge in [0.1, 0.15) is 17.5 Å². The van der Waals surface area contributed by atoms with Crippen molar-refractivity contribution in [2.75, 3.05) is 13.3 Å². The van der Waals surface area contributed by atoms with Gasteiger partial charge in [-0.25, -0.2) is 0 Å². The molecule has 0 spiro atoms. The summed E-state index contributed by atoms with van der Waals surface area (Å²) in [5.41, 5.74) is -1.25. The van der Waals surface area contributed by atoms with E-state index in [9.17, 15) is 9.36 Å². The summed E-state index contributed by atoms with van der Waals surface area (Å²) >= 11 is 1.42. The monoisotopic (exact) mass is 308 g/mol. The van der Waals surface area contributed by atoms with E-state index in [-0.39, 0.29) is 6.61 Å². The molecular weight excluding hydrogens is 291 g/mol. The fraction of sp³-hybridized carbons (Fsp3) is 0.545. The molecule has 0 aromatic carbocycles. The Balaban J connectivity index is 2.65. The third-order valence-electron chi connectivity index (χ3n) is 2.51. The lowest BCUT2D eigenvalue weighted by Gasteiger charge is -2.23. The van der Waals surface area contributed by atoms with E-state index in [4.69, 9.17) is 19.3 Å². The number of thiophene rings is 1. The second kappa shape index (κ2) is 6.15. The molecule has 0 saturated carbocycles. The van der Waals surface area contributed by atoms with E-state index in [1.54, 1.807) is 6.07 Å². The van der Waals surface area contributed by atoms with Gasteiger partial charge in [0.05, 0.1) is 18.6 Å². The quantitative estimate of drug-likeness (QED) is 0.746. The van der Waals surface area contributed by atoms with Crippen LogP contribution in [0, 0.1) is 0 Å². The molecule has 6 nitrogen and oxygen atoms in total. The van der Waals surface area contributed by atoms with Crippen LogP contribution in [-0.4, -0.2) is 34.4 Å². The lowest BCUT2D eigenvalue weighted by Crippen LogP contribution is -2.37. The SMILES string of the molecule is COc1ccsc1COC(C)(C)C(=O)CP(=O)(O)O. The Morgan fingerprint density at radius 3 is 2.63 bits per heavy atom. The number of rotatable bonds is 7. The van der Waals surface area contributed by atoms with Gasteiger partial charge in [-0.3, -0.25) is 9.36 Å². The number of carbonyl (C=O) groups excluding carboxylic acids is 1. The predicted molar refractivity (Wildman–Crippen MR) is 71.7 cm³/mol. The summed E-state index contributed by atoms with van der Waals surface area (Å²) in [6.07, 6.45) is -0.818. The molecule has 1 rings (SSSR count). The maximum absolute atomic E-state index is 11.7. The Morgan fingerprint density at radius 2 is 2.11 bits per heavy atom. The summed E-state index contributed by atoms with van der Waals surface area (Å²) in [6.45, 7) is 3.14. The lowest BCUT2D eigenvalue weighted by molar-refractivity contribution is -0.139. The van der Waals surface area contributed by atoms with E-state index in [1.165, 1.54) is 32.3 Å². The van der Waals surface area contributed by atoms with E-state index in [2.05, 4.69) is 0 Å². The number of hydrogen-bond donors (Lipinski definition) is 2. The van der Waals surface area contributed by atoms with Gasteiger partial charge in [-0.15, -0.1) is 11.3 Å². The van der Waals surface area contributed by atoms with Crippen molar-refractivity contribution in [3.63, 3.8) is 0 Å². The maximum Gasteiger partial charge on any atom is 0.333 e. The normalized spacial score (nSPS) is 12.5. The highest BCUT2D eigenvalue weighted by molar-refractivity contribution is 7.52. The minimum Gasteiger partial charge on any atom is -0.496 e. The van der Waals surface area contributed by atoms with Gasteiger partial charge in [0.15, 0.2) is 5.78 Å². The average Bonchev–Trinajstić information content (AvgIpc) is 2.71. The summed E-state index contributed by atoms with van der Waals surface area (Å²) < 4.78 is 21.4. The van der Waals surface area contributed by atoms with Gasteiger partial charge in [-0.05, 0) is 25.3 Å². The Bertz CT molecular complexity index is 489. The van der Waals surface area contributed by atoms with E-state index < -0.39 is 25.1 Å². The summed E-state index contributed by atoms with van der Waals surface area (Å²) in [7, 11) is -2.83. The molecule has 0 amide bonds. The minimum atomic E-state index is -4.37. The van der Waals surface area contributed by atoms with Crippen molar-refractivity contribution in [2.24, 2.45) is 0 Å². The Labute approximate surface area is 115 Å². The highest BCUT2D eigenvalue weighted by atomic mass is 32.1. The summed E-state index contributed by atoms with van der Waals surface area (Å²) in [5.74, 6) is 0.0413. The molecule has 0 unspecified atom stereocenters. The molecule has 0 atom stereocenters. The fourth-order valence-electron chi connectivity index (χ4n) is 1.32. The Hall–Kier alpha value is -0.720. The largest absolute Gasteiger partial charge is 0.496 e. The number of ketones is 1. The standard InChI is InChI=1S/C11H17O6PS/c1-11(2,10(12)7-18(13,14)15)17-6-9-8(16-3)4-5-19-9/h4-5H,6-7H2,1-3H3,(H2,13,14,15). The second-order valence-electron chi connectivity index (χ2n) is 4.46. The molecule has 19 heavy (non-hydrogen) atoms.